The third-order valence-electron chi connectivity index (χ3n) is 2.67. The average Bonchev–Trinajstić information content (AvgIpc) is 2.36. The number of nitrogens with zero attached hydrogens (tertiary/aromatic N) is 1. The maximum absolute atomic E-state index is 11.5. The lowest BCUT2D eigenvalue weighted by Gasteiger charge is -2.10. The summed E-state index contributed by atoms with van der Waals surface area (Å²) in [5, 5.41) is 5.75. The number of carbonyl (C=O) groups is 1. The van der Waals surface area contributed by atoms with Crippen molar-refractivity contribution in [2.24, 2.45) is 10.7 Å². The Kier molecular flexibility index (Phi) is 6.03. The van der Waals surface area contributed by atoms with E-state index in [1.165, 1.54) is 5.56 Å². The maximum Gasteiger partial charge on any atom is 0.242 e. The summed E-state index contributed by atoms with van der Waals surface area (Å²) in [6, 6.07) is 8.09. The minimum Gasteiger partial charge on any atom is -0.370 e. The van der Waals surface area contributed by atoms with Gasteiger partial charge in [0.05, 0.1) is 0 Å². The van der Waals surface area contributed by atoms with Gasteiger partial charge in [0.15, 0.2) is 5.96 Å². The highest BCUT2D eigenvalue weighted by Crippen LogP contribution is 2.18. The number of aliphatic imine (C=N–C) groups is 1. The van der Waals surface area contributed by atoms with Crippen LogP contribution < -0.4 is 16.4 Å². The lowest BCUT2D eigenvalue weighted by Crippen LogP contribution is -2.33. The quantitative estimate of drug-likeness (QED) is 0.569. The molecule has 0 aliphatic heterocycles. The molecule has 0 saturated heterocycles. The van der Waals surface area contributed by atoms with Crippen LogP contribution in [-0.4, -0.2) is 24.5 Å². The van der Waals surface area contributed by atoms with Gasteiger partial charge in [-0.15, -0.1) is 0 Å². The zero-order valence-corrected chi connectivity index (χ0v) is 12.6. The van der Waals surface area contributed by atoms with Gasteiger partial charge in [0.25, 0.3) is 0 Å². The van der Waals surface area contributed by atoms with Crippen molar-refractivity contribution in [1.82, 2.24) is 5.32 Å². The predicted molar refractivity (Wildman–Crippen MR) is 83.9 cm³/mol. The fraction of sp³-hybridized carbons (Fsp3) is 0.467. The standard InChI is InChI=1S/C15H24N4O/c1-10(2)12-6-5-7-13(8-12)19-15(16)17-9-14(20)18-11(3)4/h5-8,10-11H,9H2,1-4H3,(H,18,20)(H3,16,17,19). The zero-order valence-electron chi connectivity index (χ0n) is 12.6. The monoisotopic (exact) mass is 276 g/mol. The Morgan fingerprint density at radius 2 is 2.00 bits per heavy atom. The number of nitrogens with one attached hydrogen (secondary N) is 2. The second-order valence-corrected chi connectivity index (χ2v) is 5.33. The number of nitrogens with two attached hydrogens (primary N) is 1. The highest BCUT2D eigenvalue weighted by molar-refractivity contribution is 5.93. The molecule has 1 aromatic rings. The molecule has 0 aromatic heterocycles. The molecule has 1 aromatic carbocycles. The molecule has 0 aliphatic carbocycles. The molecule has 1 rings (SSSR count). The first kappa shape index (κ1) is 16.0. The summed E-state index contributed by atoms with van der Waals surface area (Å²) in [7, 11) is 0. The smallest absolute Gasteiger partial charge is 0.242 e. The molecule has 0 heterocycles. The molecule has 0 fully saturated rings. The normalized spacial score (nSPS) is 11.8. The molecule has 0 radical (unpaired) electrons. The highest BCUT2D eigenvalue weighted by Gasteiger charge is 2.03. The first-order valence-electron chi connectivity index (χ1n) is 6.84. The molecule has 0 bridgehead atoms. The Labute approximate surface area is 120 Å². The molecule has 5 heteroatoms. The van der Waals surface area contributed by atoms with Gasteiger partial charge in [-0.3, -0.25) is 4.79 Å². The molecule has 0 unspecified atom stereocenters. The molecule has 20 heavy (non-hydrogen) atoms. The molecule has 0 saturated carbocycles. The number of hydrogen-bond acceptors (Lipinski definition) is 2. The van der Waals surface area contributed by atoms with Crippen LogP contribution in [0.1, 0.15) is 39.2 Å². The summed E-state index contributed by atoms with van der Waals surface area (Å²) in [4.78, 5) is 15.5. The van der Waals surface area contributed by atoms with Crippen LogP contribution in [0.15, 0.2) is 29.3 Å². The van der Waals surface area contributed by atoms with E-state index in [4.69, 9.17) is 5.73 Å². The summed E-state index contributed by atoms with van der Waals surface area (Å²) in [5.41, 5.74) is 7.87. The van der Waals surface area contributed by atoms with E-state index in [1.54, 1.807) is 0 Å². The Bertz CT molecular complexity index is 481. The fourth-order valence-electron chi connectivity index (χ4n) is 1.69. The molecule has 4 N–H and O–H groups in total. The van der Waals surface area contributed by atoms with Gasteiger partial charge in [-0.05, 0) is 37.5 Å². The van der Waals surface area contributed by atoms with E-state index in [2.05, 4.69) is 35.5 Å². The van der Waals surface area contributed by atoms with Crippen LogP contribution in [0.2, 0.25) is 0 Å². The van der Waals surface area contributed by atoms with Crippen molar-refractivity contribution in [2.45, 2.75) is 39.7 Å². The van der Waals surface area contributed by atoms with Crippen LogP contribution in [0.4, 0.5) is 5.69 Å². The van der Waals surface area contributed by atoms with Gasteiger partial charge in [-0.1, -0.05) is 26.0 Å². The van der Waals surface area contributed by atoms with Crippen molar-refractivity contribution >= 4 is 17.6 Å². The Morgan fingerprint density at radius 1 is 1.30 bits per heavy atom. The van der Waals surface area contributed by atoms with E-state index >= 15 is 0 Å². The molecular formula is C15H24N4O. The predicted octanol–water partition coefficient (Wildman–Crippen LogP) is 2.06. The van der Waals surface area contributed by atoms with Crippen LogP contribution >= 0.6 is 0 Å². The molecule has 1 amide bonds. The number of hydrogen-bond donors (Lipinski definition) is 3. The first-order valence-corrected chi connectivity index (χ1v) is 6.84. The summed E-state index contributed by atoms with van der Waals surface area (Å²) < 4.78 is 0. The average molecular weight is 276 g/mol. The Hall–Kier alpha value is -2.04. The Balaban J connectivity index is 2.59. The number of benzene rings is 1. The number of carbonyl (C=O) groups excluding carboxylic acids is 1. The van der Waals surface area contributed by atoms with Gasteiger partial charge in [-0.2, -0.15) is 0 Å². The third kappa shape index (κ3) is 5.73. The number of guanidine groups is 1. The summed E-state index contributed by atoms with van der Waals surface area (Å²) in [5.74, 6) is 0.553. The highest BCUT2D eigenvalue weighted by atomic mass is 16.1. The van der Waals surface area contributed by atoms with Crippen LogP contribution in [0.25, 0.3) is 0 Å². The van der Waals surface area contributed by atoms with Crippen LogP contribution in [0.3, 0.4) is 0 Å². The minimum atomic E-state index is -0.138. The van der Waals surface area contributed by atoms with Gasteiger partial charge >= 0.3 is 0 Å². The number of amides is 1. The summed E-state index contributed by atoms with van der Waals surface area (Å²) in [6.45, 7) is 8.10. The van der Waals surface area contributed by atoms with E-state index < -0.39 is 0 Å². The maximum atomic E-state index is 11.5. The summed E-state index contributed by atoms with van der Waals surface area (Å²) in [6.07, 6.45) is 0. The van der Waals surface area contributed by atoms with Crippen molar-refractivity contribution in [3.05, 3.63) is 29.8 Å². The van der Waals surface area contributed by atoms with Crippen molar-refractivity contribution in [1.29, 1.82) is 0 Å². The van der Waals surface area contributed by atoms with Gasteiger partial charge < -0.3 is 16.4 Å². The van der Waals surface area contributed by atoms with Crippen molar-refractivity contribution < 1.29 is 4.79 Å². The first-order chi connectivity index (χ1) is 9.38. The van der Waals surface area contributed by atoms with Gasteiger partial charge in [0.2, 0.25) is 5.91 Å². The minimum absolute atomic E-state index is 0.0287. The lowest BCUT2D eigenvalue weighted by molar-refractivity contribution is -0.120. The number of anilines is 1. The SMILES string of the molecule is CC(C)NC(=O)CN=C(N)Nc1cccc(C(C)C)c1. The van der Waals surface area contributed by atoms with E-state index in [0.717, 1.165) is 5.69 Å². The van der Waals surface area contributed by atoms with E-state index in [0.29, 0.717) is 5.92 Å². The second kappa shape index (κ2) is 7.53. The van der Waals surface area contributed by atoms with Crippen molar-refractivity contribution in [2.75, 3.05) is 11.9 Å². The van der Waals surface area contributed by atoms with Crippen LogP contribution in [0.5, 0.6) is 0 Å². The molecule has 110 valence electrons. The molecule has 5 nitrogen and oxygen atoms in total. The largest absolute Gasteiger partial charge is 0.370 e. The molecular weight excluding hydrogens is 252 g/mol. The second-order valence-electron chi connectivity index (χ2n) is 5.33. The Morgan fingerprint density at radius 3 is 2.60 bits per heavy atom. The van der Waals surface area contributed by atoms with Gasteiger partial charge in [0, 0.05) is 11.7 Å². The summed E-state index contributed by atoms with van der Waals surface area (Å²) >= 11 is 0. The van der Waals surface area contributed by atoms with Gasteiger partial charge in [-0.25, -0.2) is 4.99 Å². The van der Waals surface area contributed by atoms with Crippen molar-refractivity contribution in [3.63, 3.8) is 0 Å². The van der Waals surface area contributed by atoms with E-state index in [-0.39, 0.29) is 24.5 Å². The van der Waals surface area contributed by atoms with E-state index in [1.807, 2.05) is 32.0 Å². The van der Waals surface area contributed by atoms with Crippen LogP contribution in [0, 0.1) is 0 Å². The van der Waals surface area contributed by atoms with E-state index in [9.17, 15) is 4.79 Å². The van der Waals surface area contributed by atoms with Crippen molar-refractivity contribution in [3.8, 4) is 0 Å². The zero-order chi connectivity index (χ0) is 15.1. The topological polar surface area (TPSA) is 79.5 Å². The fourth-order valence-corrected chi connectivity index (χ4v) is 1.69. The molecule has 0 atom stereocenters. The molecule has 0 spiro atoms. The van der Waals surface area contributed by atoms with Gasteiger partial charge in [0.1, 0.15) is 6.54 Å². The third-order valence-corrected chi connectivity index (χ3v) is 2.67. The molecule has 0 aliphatic rings. The number of rotatable bonds is 5. The van der Waals surface area contributed by atoms with Crippen LogP contribution in [-0.2, 0) is 4.79 Å². The lowest BCUT2D eigenvalue weighted by atomic mass is 10.0.